The van der Waals surface area contributed by atoms with Gasteiger partial charge in [0.1, 0.15) is 0 Å². The molecule has 1 unspecified atom stereocenters. The van der Waals surface area contributed by atoms with Crippen LogP contribution in [0.15, 0.2) is 42.7 Å². The summed E-state index contributed by atoms with van der Waals surface area (Å²) in [5.41, 5.74) is 1.24. The van der Waals surface area contributed by atoms with Crippen molar-refractivity contribution in [2.75, 3.05) is 13.1 Å². The molecule has 2 aromatic rings. The number of nitrogens with zero attached hydrogens (tertiary/aromatic N) is 2. The highest BCUT2D eigenvalue weighted by Crippen LogP contribution is 2.18. The standard InChI is InChI=1S/C14H18ClN3/c1-2-8-16-10-14(12-6-4-3-5-7-12)18-11-13(15)9-17-18/h3-7,9,11,14,16H,2,8,10H2,1H3. The Morgan fingerprint density at radius 2 is 2.11 bits per heavy atom. The van der Waals surface area contributed by atoms with Crippen molar-refractivity contribution in [3.8, 4) is 0 Å². The van der Waals surface area contributed by atoms with E-state index in [1.54, 1.807) is 6.20 Å². The molecular formula is C14H18ClN3. The van der Waals surface area contributed by atoms with E-state index in [1.165, 1.54) is 5.56 Å². The monoisotopic (exact) mass is 263 g/mol. The second kappa shape index (κ2) is 6.57. The third-order valence-corrected chi connectivity index (χ3v) is 3.03. The second-order valence-corrected chi connectivity index (χ2v) is 4.71. The van der Waals surface area contributed by atoms with Crippen molar-refractivity contribution in [2.45, 2.75) is 19.4 Å². The number of benzene rings is 1. The van der Waals surface area contributed by atoms with Crippen LogP contribution in [0.2, 0.25) is 5.02 Å². The van der Waals surface area contributed by atoms with Crippen molar-refractivity contribution >= 4 is 11.6 Å². The lowest BCUT2D eigenvalue weighted by Crippen LogP contribution is -2.27. The van der Waals surface area contributed by atoms with Gasteiger partial charge < -0.3 is 5.32 Å². The molecule has 0 saturated heterocycles. The zero-order chi connectivity index (χ0) is 12.8. The Bertz CT molecular complexity index is 467. The molecule has 0 aliphatic rings. The van der Waals surface area contributed by atoms with E-state index < -0.39 is 0 Å². The van der Waals surface area contributed by atoms with E-state index in [9.17, 15) is 0 Å². The molecule has 0 amide bonds. The van der Waals surface area contributed by atoms with Crippen LogP contribution in [-0.4, -0.2) is 22.9 Å². The molecule has 1 aromatic heterocycles. The molecule has 1 atom stereocenters. The summed E-state index contributed by atoms with van der Waals surface area (Å²) in [6, 6.07) is 10.5. The lowest BCUT2D eigenvalue weighted by molar-refractivity contribution is 0.480. The molecule has 1 aromatic carbocycles. The van der Waals surface area contributed by atoms with Gasteiger partial charge in [0.05, 0.1) is 17.3 Å². The summed E-state index contributed by atoms with van der Waals surface area (Å²) in [4.78, 5) is 0. The van der Waals surface area contributed by atoms with E-state index in [2.05, 4.69) is 29.5 Å². The maximum Gasteiger partial charge on any atom is 0.0893 e. The topological polar surface area (TPSA) is 29.9 Å². The fraction of sp³-hybridized carbons (Fsp3) is 0.357. The van der Waals surface area contributed by atoms with Crippen LogP contribution in [0.1, 0.15) is 24.9 Å². The molecule has 1 N–H and O–H groups in total. The summed E-state index contributed by atoms with van der Waals surface area (Å²) < 4.78 is 1.92. The second-order valence-electron chi connectivity index (χ2n) is 4.27. The first-order valence-electron chi connectivity index (χ1n) is 6.26. The van der Waals surface area contributed by atoms with E-state index in [4.69, 9.17) is 11.6 Å². The molecule has 0 bridgehead atoms. The van der Waals surface area contributed by atoms with Gasteiger partial charge >= 0.3 is 0 Å². The largest absolute Gasteiger partial charge is 0.314 e. The molecule has 0 radical (unpaired) electrons. The van der Waals surface area contributed by atoms with Gasteiger partial charge in [0.25, 0.3) is 0 Å². The average Bonchev–Trinajstić information content (AvgIpc) is 2.82. The first kappa shape index (κ1) is 13.1. The SMILES string of the molecule is CCCNCC(c1ccccc1)n1cc(Cl)cn1. The summed E-state index contributed by atoms with van der Waals surface area (Å²) >= 11 is 5.95. The lowest BCUT2D eigenvalue weighted by Gasteiger charge is -2.18. The molecule has 3 nitrogen and oxygen atoms in total. The highest BCUT2D eigenvalue weighted by Gasteiger charge is 2.13. The number of rotatable bonds is 6. The summed E-state index contributed by atoms with van der Waals surface area (Å²) in [6.45, 7) is 4.03. The van der Waals surface area contributed by atoms with Crippen LogP contribution in [0.4, 0.5) is 0 Å². The van der Waals surface area contributed by atoms with E-state index in [0.717, 1.165) is 19.5 Å². The van der Waals surface area contributed by atoms with Gasteiger partial charge in [-0.25, -0.2) is 0 Å². The lowest BCUT2D eigenvalue weighted by atomic mass is 10.1. The van der Waals surface area contributed by atoms with Crippen LogP contribution >= 0.6 is 11.6 Å². The summed E-state index contributed by atoms with van der Waals surface area (Å²) in [5, 5.41) is 8.43. The summed E-state index contributed by atoms with van der Waals surface area (Å²) in [6.07, 6.45) is 4.67. The zero-order valence-corrected chi connectivity index (χ0v) is 11.3. The van der Waals surface area contributed by atoms with E-state index in [-0.39, 0.29) is 6.04 Å². The first-order valence-corrected chi connectivity index (χ1v) is 6.64. The van der Waals surface area contributed by atoms with Crippen molar-refractivity contribution in [3.05, 3.63) is 53.3 Å². The van der Waals surface area contributed by atoms with Crippen molar-refractivity contribution in [3.63, 3.8) is 0 Å². The van der Waals surface area contributed by atoms with Gasteiger partial charge in [-0.1, -0.05) is 48.9 Å². The van der Waals surface area contributed by atoms with Crippen molar-refractivity contribution in [2.24, 2.45) is 0 Å². The molecule has 18 heavy (non-hydrogen) atoms. The summed E-state index contributed by atoms with van der Waals surface area (Å²) in [7, 11) is 0. The highest BCUT2D eigenvalue weighted by molar-refractivity contribution is 6.30. The predicted octanol–water partition coefficient (Wildman–Crippen LogP) is 3.13. The van der Waals surface area contributed by atoms with Crippen LogP contribution in [0, 0.1) is 0 Å². The predicted molar refractivity (Wildman–Crippen MR) is 75.0 cm³/mol. The Morgan fingerprint density at radius 1 is 1.33 bits per heavy atom. The Balaban J connectivity index is 2.18. The number of nitrogens with one attached hydrogen (secondary N) is 1. The Morgan fingerprint density at radius 3 is 2.72 bits per heavy atom. The quantitative estimate of drug-likeness (QED) is 0.812. The fourth-order valence-electron chi connectivity index (χ4n) is 1.94. The highest BCUT2D eigenvalue weighted by atomic mass is 35.5. The van der Waals surface area contributed by atoms with E-state index >= 15 is 0 Å². The van der Waals surface area contributed by atoms with Crippen LogP contribution < -0.4 is 5.32 Å². The third-order valence-electron chi connectivity index (χ3n) is 2.84. The van der Waals surface area contributed by atoms with Gasteiger partial charge in [-0.2, -0.15) is 5.10 Å². The van der Waals surface area contributed by atoms with Crippen LogP contribution in [-0.2, 0) is 0 Å². The molecule has 4 heteroatoms. The minimum atomic E-state index is 0.185. The fourth-order valence-corrected chi connectivity index (χ4v) is 2.08. The zero-order valence-electron chi connectivity index (χ0n) is 10.5. The average molecular weight is 264 g/mol. The van der Waals surface area contributed by atoms with Gasteiger partial charge in [-0.15, -0.1) is 0 Å². The third kappa shape index (κ3) is 3.34. The van der Waals surface area contributed by atoms with Crippen LogP contribution in [0.25, 0.3) is 0 Å². The molecule has 2 rings (SSSR count). The Kier molecular flexibility index (Phi) is 4.79. The maximum absolute atomic E-state index is 5.95. The van der Waals surface area contributed by atoms with Gasteiger partial charge in [0, 0.05) is 12.7 Å². The number of hydrogen-bond donors (Lipinski definition) is 1. The normalized spacial score (nSPS) is 12.6. The molecule has 0 aliphatic carbocycles. The molecule has 0 aliphatic heterocycles. The van der Waals surface area contributed by atoms with Crippen molar-refractivity contribution in [1.29, 1.82) is 0 Å². The molecule has 0 saturated carbocycles. The molecule has 1 heterocycles. The number of hydrogen-bond acceptors (Lipinski definition) is 2. The number of aromatic nitrogens is 2. The number of halogens is 1. The minimum Gasteiger partial charge on any atom is -0.314 e. The van der Waals surface area contributed by atoms with Gasteiger partial charge in [0.15, 0.2) is 0 Å². The Hall–Kier alpha value is -1.32. The first-order chi connectivity index (χ1) is 8.81. The molecular weight excluding hydrogens is 246 g/mol. The Labute approximate surface area is 113 Å². The van der Waals surface area contributed by atoms with Crippen LogP contribution in [0.5, 0.6) is 0 Å². The van der Waals surface area contributed by atoms with Crippen molar-refractivity contribution < 1.29 is 0 Å². The van der Waals surface area contributed by atoms with E-state index in [0.29, 0.717) is 5.02 Å². The van der Waals surface area contributed by atoms with E-state index in [1.807, 2.05) is 29.1 Å². The summed E-state index contributed by atoms with van der Waals surface area (Å²) in [5.74, 6) is 0. The minimum absolute atomic E-state index is 0.185. The molecule has 96 valence electrons. The van der Waals surface area contributed by atoms with Gasteiger partial charge in [-0.05, 0) is 18.5 Å². The van der Waals surface area contributed by atoms with Gasteiger partial charge in [0.2, 0.25) is 0 Å². The molecule has 0 spiro atoms. The van der Waals surface area contributed by atoms with Crippen molar-refractivity contribution in [1.82, 2.24) is 15.1 Å². The smallest absolute Gasteiger partial charge is 0.0893 e. The van der Waals surface area contributed by atoms with Gasteiger partial charge in [-0.3, -0.25) is 4.68 Å². The maximum atomic E-state index is 5.95. The van der Waals surface area contributed by atoms with Crippen LogP contribution in [0.3, 0.4) is 0 Å². The molecule has 0 fully saturated rings.